The van der Waals surface area contributed by atoms with E-state index in [-0.39, 0.29) is 15.8 Å². The van der Waals surface area contributed by atoms with Gasteiger partial charge in [-0.05, 0) is 48.0 Å². The molecule has 2 heterocycles. The third-order valence-corrected chi connectivity index (χ3v) is 10.1. The Bertz CT molecular complexity index is 1680. The number of ether oxygens (including phenoxy) is 1. The Balaban J connectivity index is 1.47. The highest BCUT2D eigenvalue weighted by atomic mass is 32.2. The third-order valence-electron chi connectivity index (χ3n) is 5.70. The van der Waals surface area contributed by atoms with E-state index in [0.29, 0.717) is 21.8 Å². The van der Waals surface area contributed by atoms with Crippen LogP contribution in [0.25, 0.3) is 32.6 Å². The van der Waals surface area contributed by atoms with E-state index in [1.807, 2.05) is 78.9 Å². The average Bonchev–Trinajstić information content (AvgIpc) is 3.39. The maximum absolute atomic E-state index is 13.0. The quantitative estimate of drug-likeness (QED) is 0.207. The van der Waals surface area contributed by atoms with Crippen LogP contribution in [0.3, 0.4) is 0 Å². The predicted molar refractivity (Wildman–Crippen MR) is 149 cm³/mol. The van der Waals surface area contributed by atoms with Crippen molar-refractivity contribution in [3.8, 4) is 34.2 Å². The number of thiazole rings is 1. The van der Waals surface area contributed by atoms with Gasteiger partial charge in [0.1, 0.15) is 16.8 Å². The first-order valence-electron chi connectivity index (χ1n) is 11.3. The molecule has 0 aliphatic carbocycles. The molecule has 37 heavy (non-hydrogen) atoms. The molecule has 2 aromatic heterocycles. The van der Waals surface area contributed by atoms with Crippen LogP contribution in [0.15, 0.2) is 94.3 Å². The topological polar surface area (TPSA) is 92.9 Å². The molecular weight excluding hydrogens is 523 g/mol. The van der Waals surface area contributed by atoms with Gasteiger partial charge < -0.3 is 4.74 Å². The fourth-order valence-corrected chi connectivity index (χ4v) is 7.81. The van der Waals surface area contributed by atoms with Gasteiger partial charge in [-0.3, -0.25) is 0 Å². The number of rotatable bonds is 8. The number of sulfone groups is 1. The Morgan fingerprint density at radius 2 is 1.68 bits per heavy atom. The minimum atomic E-state index is -3.58. The second-order valence-electron chi connectivity index (χ2n) is 8.06. The van der Waals surface area contributed by atoms with Crippen molar-refractivity contribution in [2.24, 2.45) is 0 Å². The zero-order chi connectivity index (χ0) is 25.8. The maximum atomic E-state index is 13.0. The number of methoxy groups -OCH3 is 1. The molecule has 3 aromatic carbocycles. The van der Waals surface area contributed by atoms with E-state index in [2.05, 4.69) is 11.1 Å². The number of aromatic nitrogens is 2. The zero-order valence-corrected chi connectivity index (χ0v) is 22.2. The predicted octanol–water partition coefficient (Wildman–Crippen LogP) is 6.47. The number of nitrogens with zero attached hydrogens (tertiary/aromatic N) is 3. The van der Waals surface area contributed by atoms with Crippen molar-refractivity contribution in [3.05, 3.63) is 90.5 Å². The van der Waals surface area contributed by atoms with Crippen LogP contribution in [0.4, 0.5) is 0 Å². The molecule has 6 nitrogen and oxygen atoms in total. The number of para-hydroxylation sites is 1. The Hall–Kier alpha value is -3.71. The van der Waals surface area contributed by atoms with E-state index >= 15 is 0 Å². The molecule has 0 fully saturated rings. The smallest absolute Gasteiger partial charge is 0.210 e. The number of hydrogen-bond donors (Lipinski definition) is 0. The lowest BCUT2D eigenvalue weighted by Gasteiger charge is -2.13. The van der Waals surface area contributed by atoms with E-state index in [1.54, 1.807) is 13.2 Å². The summed E-state index contributed by atoms with van der Waals surface area (Å²) in [4.78, 5) is 9.08. The molecule has 184 valence electrons. The van der Waals surface area contributed by atoms with E-state index in [9.17, 15) is 13.7 Å². The summed E-state index contributed by atoms with van der Waals surface area (Å²) in [6, 6.07) is 28.7. The van der Waals surface area contributed by atoms with Crippen molar-refractivity contribution in [1.82, 2.24) is 9.97 Å². The van der Waals surface area contributed by atoms with Crippen molar-refractivity contribution in [2.75, 3.05) is 18.6 Å². The molecule has 5 rings (SSSR count). The van der Waals surface area contributed by atoms with E-state index in [1.165, 1.54) is 23.1 Å². The second kappa shape index (κ2) is 10.7. The maximum Gasteiger partial charge on any atom is 0.210 e. The molecule has 0 amide bonds. The van der Waals surface area contributed by atoms with Gasteiger partial charge in [-0.25, -0.2) is 18.4 Å². The van der Waals surface area contributed by atoms with Crippen LogP contribution in [-0.2, 0) is 9.84 Å². The summed E-state index contributed by atoms with van der Waals surface area (Å²) in [6.07, 6.45) is 0. The summed E-state index contributed by atoms with van der Waals surface area (Å²) < 4.78 is 32.3. The van der Waals surface area contributed by atoms with Crippen LogP contribution in [0.5, 0.6) is 5.75 Å². The molecule has 0 radical (unpaired) electrons. The van der Waals surface area contributed by atoms with Gasteiger partial charge in [0.2, 0.25) is 14.2 Å². The van der Waals surface area contributed by atoms with Gasteiger partial charge in [0.15, 0.2) is 0 Å². The SMILES string of the molecule is COc1ccc(-c2cc(-c3ccccc3)c(C#N)c(SCCS(=O)(=O)c3nc4ccccc4s3)n2)cc1. The first kappa shape index (κ1) is 25.0. The van der Waals surface area contributed by atoms with E-state index in [4.69, 9.17) is 9.72 Å². The molecule has 5 aromatic rings. The van der Waals surface area contributed by atoms with Gasteiger partial charge in [0, 0.05) is 16.9 Å². The Morgan fingerprint density at radius 3 is 2.38 bits per heavy atom. The van der Waals surface area contributed by atoms with Crippen molar-refractivity contribution in [2.45, 2.75) is 9.37 Å². The molecule has 0 aliphatic heterocycles. The zero-order valence-electron chi connectivity index (χ0n) is 19.8. The minimum absolute atomic E-state index is 0.111. The standard InChI is InChI=1S/C28H21N3O3S3/c1-34-21-13-11-20(12-14-21)25-17-22(19-7-3-2-4-8-19)23(18-29)27(30-25)35-15-16-37(32,33)28-31-24-9-5-6-10-26(24)36-28/h2-14,17H,15-16H2,1H3. The van der Waals surface area contributed by atoms with Crippen LogP contribution >= 0.6 is 23.1 Å². The first-order chi connectivity index (χ1) is 18.0. The number of nitriles is 1. The molecule has 9 heteroatoms. The Kier molecular flexibility index (Phi) is 7.24. The number of fused-ring (bicyclic) bond motifs is 1. The summed E-state index contributed by atoms with van der Waals surface area (Å²) >= 11 is 2.44. The lowest BCUT2D eigenvalue weighted by molar-refractivity contribution is 0.415. The number of hydrogen-bond acceptors (Lipinski definition) is 8. The van der Waals surface area contributed by atoms with Crippen molar-refractivity contribution in [1.29, 1.82) is 5.26 Å². The van der Waals surface area contributed by atoms with Crippen LogP contribution in [0.2, 0.25) is 0 Å². The van der Waals surface area contributed by atoms with Gasteiger partial charge in [0.05, 0.1) is 34.3 Å². The fourth-order valence-electron chi connectivity index (χ4n) is 3.81. The van der Waals surface area contributed by atoms with E-state index in [0.717, 1.165) is 27.1 Å². The largest absolute Gasteiger partial charge is 0.497 e. The van der Waals surface area contributed by atoms with Crippen molar-refractivity contribution < 1.29 is 13.2 Å². The van der Waals surface area contributed by atoms with Gasteiger partial charge in [0.25, 0.3) is 0 Å². The molecule has 0 bridgehead atoms. The van der Waals surface area contributed by atoms with Crippen LogP contribution in [0, 0.1) is 11.3 Å². The van der Waals surface area contributed by atoms with Gasteiger partial charge in [-0.2, -0.15) is 5.26 Å². The summed E-state index contributed by atoms with van der Waals surface area (Å²) in [5.41, 5.74) is 4.29. The normalized spacial score (nSPS) is 11.4. The summed E-state index contributed by atoms with van der Waals surface area (Å²) in [7, 11) is -1.97. The first-order valence-corrected chi connectivity index (χ1v) is 14.8. The summed E-state index contributed by atoms with van der Waals surface area (Å²) in [5, 5.41) is 10.6. The molecule has 0 aliphatic rings. The highest BCUT2D eigenvalue weighted by Crippen LogP contribution is 2.35. The van der Waals surface area contributed by atoms with Crippen LogP contribution in [0.1, 0.15) is 5.56 Å². The Morgan fingerprint density at radius 1 is 0.946 bits per heavy atom. The molecule has 0 saturated carbocycles. The fraction of sp³-hybridized carbons (Fsp3) is 0.107. The van der Waals surface area contributed by atoms with Gasteiger partial charge >= 0.3 is 0 Å². The minimum Gasteiger partial charge on any atom is -0.497 e. The third kappa shape index (κ3) is 5.37. The highest BCUT2D eigenvalue weighted by Gasteiger charge is 2.21. The summed E-state index contributed by atoms with van der Waals surface area (Å²) in [5.74, 6) is 0.855. The molecule has 0 saturated heterocycles. The molecule has 0 N–H and O–H groups in total. The van der Waals surface area contributed by atoms with Crippen LogP contribution in [-0.4, -0.2) is 37.0 Å². The molecular formula is C28H21N3O3S3. The van der Waals surface area contributed by atoms with Gasteiger partial charge in [-0.15, -0.1) is 23.1 Å². The van der Waals surface area contributed by atoms with Crippen molar-refractivity contribution >= 4 is 43.2 Å². The summed E-state index contributed by atoms with van der Waals surface area (Å²) in [6.45, 7) is 0. The average molecular weight is 544 g/mol. The second-order valence-corrected chi connectivity index (χ2v) is 12.5. The number of benzene rings is 3. The highest BCUT2D eigenvalue weighted by molar-refractivity contribution is 8.01. The van der Waals surface area contributed by atoms with Gasteiger partial charge in [-0.1, -0.05) is 42.5 Å². The molecule has 0 unspecified atom stereocenters. The monoisotopic (exact) mass is 543 g/mol. The lowest BCUT2D eigenvalue weighted by Crippen LogP contribution is -2.09. The number of thioether (sulfide) groups is 1. The lowest BCUT2D eigenvalue weighted by atomic mass is 9.99. The van der Waals surface area contributed by atoms with Crippen molar-refractivity contribution in [3.63, 3.8) is 0 Å². The number of pyridine rings is 1. The van der Waals surface area contributed by atoms with E-state index < -0.39 is 9.84 Å². The molecule has 0 atom stereocenters. The molecule has 0 spiro atoms. The van der Waals surface area contributed by atoms with Crippen LogP contribution < -0.4 is 4.74 Å². The Labute approximate surface area is 223 Å².